The van der Waals surface area contributed by atoms with Crippen LogP contribution in [0, 0.1) is 6.92 Å². The number of benzene rings is 1. The van der Waals surface area contributed by atoms with Gasteiger partial charge in [0.15, 0.2) is 5.76 Å². The van der Waals surface area contributed by atoms with Crippen LogP contribution in [0.2, 0.25) is 0 Å². The normalized spacial score (nSPS) is 21.7. The lowest BCUT2D eigenvalue weighted by Gasteiger charge is -2.24. The number of ether oxygens (including phenoxy) is 1. The molecule has 1 saturated heterocycles. The second kappa shape index (κ2) is 7.47. The predicted octanol–water partition coefficient (Wildman–Crippen LogP) is 2.80. The quantitative estimate of drug-likeness (QED) is 0.815. The Bertz CT molecular complexity index is 670. The lowest BCUT2D eigenvalue weighted by Crippen LogP contribution is -2.36. The number of nitrogens with zero attached hydrogens (tertiary/aromatic N) is 3. The summed E-state index contributed by atoms with van der Waals surface area (Å²) < 4.78 is 11.4. The van der Waals surface area contributed by atoms with Gasteiger partial charge in [-0.3, -0.25) is 9.80 Å². The van der Waals surface area contributed by atoms with Gasteiger partial charge in [0.25, 0.3) is 0 Å². The van der Waals surface area contributed by atoms with E-state index in [1.54, 1.807) is 7.11 Å². The van der Waals surface area contributed by atoms with Gasteiger partial charge in [0.05, 0.1) is 18.8 Å². The molecule has 2 heterocycles. The fourth-order valence-corrected chi connectivity index (χ4v) is 3.43. The largest absolute Gasteiger partial charge is 0.439 e. The van der Waals surface area contributed by atoms with Gasteiger partial charge in [-0.2, -0.15) is 0 Å². The number of hydrogen-bond acceptors (Lipinski definition) is 5. The fourth-order valence-electron chi connectivity index (χ4n) is 3.43. The van der Waals surface area contributed by atoms with Crippen LogP contribution in [0.25, 0.3) is 11.3 Å². The van der Waals surface area contributed by atoms with E-state index in [0.717, 1.165) is 36.7 Å². The van der Waals surface area contributed by atoms with Gasteiger partial charge in [0.1, 0.15) is 0 Å². The zero-order valence-electron chi connectivity index (χ0n) is 15.0. The van der Waals surface area contributed by atoms with Gasteiger partial charge in [-0.15, -0.1) is 0 Å². The standard InChI is InChI=1S/C19H27N3O2/c1-14-7-5-6-8-17(14)18-10-20-19(24-18)13-21(2)11-15-9-16(23-4)12-22(15)3/h5-8,10,15-16H,9,11-13H2,1-4H3/t15-,16-/m0/s1. The van der Waals surface area contributed by atoms with E-state index in [-0.39, 0.29) is 0 Å². The molecule has 1 fully saturated rings. The third-order valence-corrected chi connectivity index (χ3v) is 4.87. The number of methoxy groups -OCH3 is 1. The molecule has 0 amide bonds. The molecular formula is C19H27N3O2. The molecule has 0 saturated carbocycles. The van der Waals surface area contributed by atoms with Crippen molar-refractivity contribution in [3.63, 3.8) is 0 Å². The number of likely N-dealkylation sites (N-methyl/N-ethyl adjacent to an activating group) is 2. The molecular weight excluding hydrogens is 302 g/mol. The molecule has 3 rings (SSSR count). The number of oxazole rings is 1. The molecule has 1 aromatic heterocycles. The maximum atomic E-state index is 5.96. The molecule has 130 valence electrons. The van der Waals surface area contributed by atoms with Crippen LogP contribution in [0.15, 0.2) is 34.9 Å². The Morgan fingerprint density at radius 3 is 2.88 bits per heavy atom. The molecule has 5 heteroatoms. The maximum Gasteiger partial charge on any atom is 0.209 e. The van der Waals surface area contributed by atoms with E-state index in [0.29, 0.717) is 18.7 Å². The van der Waals surface area contributed by atoms with E-state index in [1.165, 1.54) is 5.56 Å². The van der Waals surface area contributed by atoms with Crippen LogP contribution < -0.4 is 0 Å². The van der Waals surface area contributed by atoms with Gasteiger partial charge >= 0.3 is 0 Å². The van der Waals surface area contributed by atoms with E-state index in [4.69, 9.17) is 9.15 Å². The van der Waals surface area contributed by atoms with Gasteiger partial charge < -0.3 is 9.15 Å². The summed E-state index contributed by atoms with van der Waals surface area (Å²) in [5, 5.41) is 0. The van der Waals surface area contributed by atoms with E-state index in [2.05, 4.69) is 47.9 Å². The summed E-state index contributed by atoms with van der Waals surface area (Å²) in [5.74, 6) is 1.61. The van der Waals surface area contributed by atoms with Crippen LogP contribution in [-0.4, -0.2) is 61.2 Å². The second-order valence-corrected chi connectivity index (χ2v) is 6.82. The smallest absolute Gasteiger partial charge is 0.209 e. The van der Waals surface area contributed by atoms with Crippen molar-refractivity contribution >= 4 is 0 Å². The van der Waals surface area contributed by atoms with Crippen molar-refractivity contribution in [2.45, 2.75) is 32.0 Å². The average Bonchev–Trinajstić information content (AvgIpc) is 3.15. The second-order valence-electron chi connectivity index (χ2n) is 6.82. The molecule has 0 N–H and O–H groups in total. The summed E-state index contributed by atoms with van der Waals surface area (Å²) >= 11 is 0. The molecule has 24 heavy (non-hydrogen) atoms. The predicted molar refractivity (Wildman–Crippen MR) is 94.8 cm³/mol. The molecule has 5 nitrogen and oxygen atoms in total. The SMILES string of the molecule is CO[C@H]1C[C@@H](CN(C)Cc2ncc(-c3ccccc3C)o2)N(C)C1. The Morgan fingerprint density at radius 1 is 1.38 bits per heavy atom. The lowest BCUT2D eigenvalue weighted by molar-refractivity contribution is 0.111. The summed E-state index contributed by atoms with van der Waals surface area (Å²) in [6.45, 7) is 4.80. The van der Waals surface area contributed by atoms with Gasteiger partial charge in [-0.25, -0.2) is 4.98 Å². The highest BCUT2D eigenvalue weighted by molar-refractivity contribution is 5.60. The summed E-state index contributed by atoms with van der Waals surface area (Å²) in [7, 11) is 6.08. The molecule has 0 bridgehead atoms. The van der Waals surface area contributed by atoms with Gasteiger partial charge in [0, 0.05) is 31.8 Å². The van der Waals surface area contributed by atoms with Crippen molar-refractivity contribution in [1.29, 1.82) is 0 Å². The number of likely N-dealkylation sites (tertiary alicyclic amines) is 1. The summed E-state index contributed by atoms with van der Waals surface area (Å²) in [4.78, 5) is 9.10. The Balaban J connectivity index is 1.60. The van der Waals surface area contributed by atoms with E-state index in [1.807, 2.05) is 18.3 Å². The number of aromatic nitrogens is 1. The van der Waals surface area contributed by atoms with Crippen LogP contribution in [-0.2, 0) is 11.3 Å². The van der Waals surface area contributed by atoms with Crippen molar-refractivity contribution in [2.75, 3.05) is 34.3 Å². The summed E-state index contributed by atoms with van der Waals surface area (Å²) in [6, 6.07) is 8.74. The van der Waals surface area contributed by atoms with Crippen LogP contribution in [0.1, 0.15) is 17.9 Å². The topological polar surface area (TPSA) is 41.7 Å². The van der Waals surface area contributed by atoms with Gasteiger partial charge in [0.2, 0.25) is 5.89 Å². The average molecular weight is 329 g/mol. The van der Waals surface area contributed by atoms with Crippen LogP contribution >= 0.6 is 0 Å². The first-order valence-corrected chi connectivity index (χ1v) is 8.49. The molecule has 0 spiro atoms. The highest BCUT2D eigenvalue weighted by atomic mass is 16.5. The minimum absolute atomic E-state index is 0.350. The maximum absolute atomic E-state index is 5.96. The van der Waals surface area contributed by atoms with Crippen molar-refractivity contribution in [2.24, 2.45) is 0 Å². The molecule has 0 unspecified atom stereocenters. The molecule has 2 atom stereocenters. The fraction of sp³-hybridized carbons (Fsp3) is 0.526. The summed E-state index contributed by atoms with van der Waals surface area (Å²) in [5.41, 5.74) is 2.31. The number of rotatable bonds is 6. The molecule has 0 aliphatic carbocycles. The number of hydrogen-bond donors (Lipinski definition) is 0. The van der Waals surface area contributed by atoms with Gasteiger partial charge in [-0.05, 0) is 33.0 Å². The Kier molecular flexibility index (Phi) is 5.33. The number of aryl methyl sites for hydroxylation is 1. The van der Waals surface area contributed by atoms with Crippen LogP contribution in [0.3, 0.4) is 0 Å². The van der Waals surface area contributed by atoms with E-state index in [9.17, 15) is 0 Å². The van der Waals surface area contributed by atoms with Crippen molar-refractivity contribution < 1.29 is 9.15 Å². The Hall–Kier alpha value is -1.69. The zero-order chi connectivity index (χ0) is 17.1. The van der Waals surface area contributed by atoms with Crippen molar-refractivity contribution in [3.8, 4) is 11.3 Å². The first-order valence-electron chi connectivity index (χ1n) is 8.49. The Morgan fingerprint density at radius 2 is 2.17 bits per heavy atom. The molecule has 0 radical (unpaired) electrons. The van der Waals surface area contributed by atoms with E-state index >= 15 is 0 Å². The Labute approximate surface area is 144 Å². The first-order chi connectivity index (χ1) is 11.6. The monoisotopic (exact) mass is 329 g/mol. The van der Waals surface area contributed by atoms with E-state index < -0.39 is 0 Å². The highest BCUT2D eigenvalue weighted by Gasteiger charge is 2.30. The first kappa shape index (κ1) is 17.1. The van der Waals surface area contributed by atoms with Crippen LogP contribution in [0.5, 0.6) is 0 Å². The third kappa shape index (κ3) is 3.86. The summed E-state index contributed by atoms with van der Waals surface area (Å²) in [6.07, 6.45) is 3.26. The van der Waals surface area contributed by atoms with Crippen LogP contribution in [0.4, 0.5) is 0 Å². The molecule has 2 aromatic rings. The highest BCUT2D eigenvalue weighted by Crippen LogP contribution is 2.24. The minimum atomic E-state index is 0.350. The van der Waals surface area contributed by atoms with Gasteiger partial charge in [-0.1, -0.05) is 24.3 Å². The molecule has 1 aliphatic rings. The minimum Gasteiger partial charge on any atom is -0.439 e. The lowest BCUT2D eigenvalue weighted by atomic mass is 10.1. The molecule has 1 aromatic carbocycles. The van der Waals surface area contributed by atoms with Crippen molar-refractivity contribution in [1.82, 2.24) is 14.8 Å². The molecule has 1 aliphatic heterocycles. The van der Waals surface area contributed by atoms with Crippen molar-refractivity contribution in [3.05, 3.63) is 41.9 Å². The third-order valence-electron chi connectivity index (χ3n) is 4.87. The zero-order valence-corrected chi connectivity index (χ0v) is 15.0.